The number of aromatic nitrogens is 2. The predicted octanol–water partition coefficient (Wildman–Crippen LogP) is 4.21. The zero-order chi connectivity index (χ0) is 23.3. The molecule has 0 bridgehead atoms. The molecule has 0 spiro atoms. The summed E-state index contributed by atoms with van der Waals surface area (Å²) in [6.07, 6.45) is -0.854. The number of carboxylic acid groups (broad SMARTS) is 1. The number of aliphatic hydroxyl groups is 1. The van der Waals surface area contributed by atoms with E-state index < -0.39 is 23.5 Å². The van der Waals surface area contributed by atoms with Crippen molar-refractivity contribution in [3.8, 4) is 0 Å². The molecule has 9 heteroatoms. The highest BCUT2D eigenvalue weighted by molar-refractivity contribution is 6.12. The minimum atomic E-state index is -2.00. The Morgan fingerprint density at radius 2 is 1.97 bits per heavy atom. The van der Waals surface area contributed by atoms with Gasteiger partial charge in [0, 0.05) is 16.7 Å². The average molecular weight is 446 g/mol. The summed E-state index contributed by atoms with van der Waals surface area (Å²) in [5.41, 5.74) is 0.153. The zero-order valence-electron chi connectivity index (χ0n) is 17.5. The molecule has 1 aliphatic rings. The van der Waals surface area contributed by atoms with Gasteiger partial charge in [-0.25, -0.2) is 14.2 Å². The first kappa shape index (κ1) is 20.7. The smallest absolute Gasteiger partial charge is 0.411 e. The summed E-state index contributed by atoms with van der Waals surface area (Å²) in [6.45, 7) is 1.81. The molecule has 0 aliphatic carbocycles. The molecule has 1 aliphatic heterocycles. The fourth-order valence-corrected chi connectivity index (χ4v) is 4.33. The highest BCUT2D eigenvalue weighted by Gasteiger charge is 2.51. The van der Waals surface area contributed by atoms with Crippen molar-refractivity contribution in [3.05, 3.63) is 88.7 Å². The van der Waals surface area contributed by atoms with Crippen molar-refractivity contribution >= 4 is 34.7 Å². The summed E-state index contributed by atoms with van der Waals surface area (Å²) in [7, 11) is 0. The Labute approximate surface area is 187 Å². The van der Waals surface area contributed by atoms with Crippen LogP contribution in [0.5, 0.6) is 0 Å². The number of halogens is 1. The number of hydrogen-bond acceptors (Lipinski definition) is 4. The number of benzene rings is 3. The van der Waals surface area contributed by atoms with E-state index in [-0.39, 0.29) is 17.2 Å². The lowest BCUT2D eigenvalue weighted by Gasteiger charge is -2.35. The number of hydrogen-bond donors (Lipinski definition) is 4. The summed E-state index contributed by atoms with van der Waals surface area (Å²) in [5, 5.41) is 23.2. The number of nitrogens with one attached hydrogen (secondary N) is 2. The van der Waals surface area contributed by atoms with Crippen LogP contribution in [0.1, 0.15) is 34.0 Å². The van der Waals surface area contributed by atoms with E-state index in [2.05, 4.69) is 15.3 Å². The Kier molecular flexibility index (Phi) is 4.64. The van der Waals surface area contributed by atoms with Gasteiger partial charge in [0.2, 0.25) is 5.95 Å². The average Bonchev–Trinajstić information content (AvgIpc) is 3.30. The molecule has 2 amide bonds. The fraction of sp³-hybridized carbons (Fsp3) is 0.125. The number of imidazole rings is 1. The van der Waals surface area contributed by atoms with E-state index in [9.17, 15) is 14.7 Å². The third-order valence-electron chi connectivity index (χ3n) is 5.85. The monoisotopic (exact) mass is 446 g/mol. The van der Waals surface area contributed by atoms with Crippen molar-refractivity contribution in [3.63, 3.8) is 0 Å². The first-order chi connectivity index (χ1) is 15.8. The third-order valence-corrected chi connectivity index (χ3v) is 5.85. The molecule has 1 aromatic heterocycles. The van der Waals surface area contributed by atoms with Gasteiger partial charge in [0.1, 0.15) is 5.82 Å². The third kappa shape index (κ3) is 3.05. The van der Waals surface area contributed by atoms with Crippen LogP contribution in [0.15, 0.2) is 60.7 Å². The second-order valence-corrected chi connectivity index (χ2v) is 7.71. The fourth-order valence-electron chi connectivity index (χ4n) is 4.33. The summed E-state index contributed by atoms with van der Waals surface area (Å²) in [4.78, 5) is 32.4. The van der Waals surface area contributed by atoms with Gasteiger partial charge in [-0.1, -0.05) is 43.3 Å². The van der Waals surface area contributed by atoms with Gasteiger partial charge >= 0.3 is 6.09 Å². The van der Waals surface area contributed by atoms with Gasteiger partial charge < -0.3 is 15.2 Å². The maximum atomic E-state index is 15.4. The van der Waals surface area contributed by atoms with Crippen molar-refractivity contribution in [2.75, 3.05) is 10.2 Å². The number of H-pyrrole nitrogens is 1. The van der Waals surface area contributed by atoms with Gasteiger partial charge in [-0.3, -0.25) is 15.0 Å². The second kappa shape index (κ2) is 7.42. The zero-order valence-corrected chi connectivity index (χ0v) is 17.5. The van der Waals surface area contributed by atoms with Gasteiger partial charge in [0.25, 0.3) is 5.91 Å². The van der Waals surface area contributed by atoms with E-state index in [1.807, 2.05) is 6.92 Å². The molecule has 1 atom stereocenters. The number of nitrogens with zero attached hydrogens (tertiary/aromatic N) is 2. The van der Waals surface area contributed by atoms with Crippen molar-refractivity contribution in [1.82, 2.24) is 9.97 Å². The Bertz CT molecular complexity index is 1430. The van der Waals surface area contributed by atoms with Gasteiger partial charge in [-0.05, 0) is 36.2 Å². The Morgan fingerprint density at radius 3 is 2.73 bits per heavy atom. The largest absolute Gasteiger partial charge is 0.465 e. The van der Waals surface area contributed by atoms with Crippen LogP contribution in [0, 0.1) is 5.82 Å². The molecule has 0 saturated heterocycles. The first-order valence-electron chi connectivity index (χ1n) is 10.3. The molecule has 2 heterocycles. The number of fused-ring (bicyclic) bond motifs is 2. The molecular weight excluding hydrogens is 427 g/mol. The molecule has 4 aromatic rings. The normalized spacial score (nSPS) is 17.4. The molecule has 0 fully saturated rings. The minimum Gasteiger partial charge on any atom is -0.465 e. The quantitative estimate of drug-likeness (QED) is 0.375. The van der Waals surface area contributed by atoms with Crippen LogP contribution in [-0.4, -0.2) is 32.2 Å². The molecule has 5 rings (SSSR count). The molecule has 0 radical (unpaired) electrons. The Morgan fingerprint density at radius 1 is 1.18 bits per heavy atom. The van der Waals surface area contributed by atoms with Crippen LogP contribution >= 0.6 is 0 Å². The number of anilines is 2. The second-order valence-electron chi connectivity index (χ2n) is 7.71. The lowest BCUT2D eigenvalue weighted by Crippen LogP contribution is -2.45. The number of aryl methyl sites for hydroxylation is 1. The van der Waals surface area contributed by atoms with E-state index in [1.165, 1.54) is 6.07 Å². The predicted molar refractivity (Wildman–Crippen MR) is 120 cm³/mol. The lowest BCUT2D eigenvalue weighted by atomic mass is 9.93. The summed E-state index contributed by atoms with van der Waals surface area (Å²) < 4.78 is 15.4. The minimum absolute atomic E-state index is 0.0167. The summed E-state index contributed by atoms with van der Waals surface area (Å²) >= 11 is 0. The van der Waals surface area contributed by atoms with Crippen molar-refractivity contribution in [2.24, 2.45) is 0 Å². The Hall–Kier alpha value is -4.24. The van der Waals surface area contributed by atoms with Crippen LogP contribution < -0.4 is 10.2 Å². The molecule has 4 N–H and O–H groups in total. The molecule has 0 saturated carbocycles. The van der Waals surface area contributed by atoms with Gasteiger partial charge in [-0.2, -0.15) is 0 Å². The van der Waals surface area contributed by atoms with E-state index in [1.54, 1.807) is 54.6 Å². The van der Waals surface area contributed by atoms with E-state index in [0.29, 0.717) is 34.1 Å². The molecule has 166 valence electrons. The number of rotatable bonds is 4. The number of carbonyl (C=O) groups is 2. The van der Waals surface area contributed by atoms with Crippen LogP contribution in [0.3, 0.4) is 0 Å². The van der Waals surface area contributed by atoms with Crippen molar-refractivity contribution in [1.29, 1.82) is 0 Å². The molecule has 1 unspecified atom stereocenters. The SMILES string of the molecule is CCc1cccc(N2C(=O)c3ccccc3C2(O)c2ccc3nc(NC(=O)O)[nH]c3c2)c1F. The Balaban J connectivity index is 1.73. The summed E-state index contributed by atoms with van der Waals surface area (Å²) in [6, 6.07) is 16.1. The summed E-state index contributed by atoms with van der Waals surface area (Å²) in [5.74, 6) is -1.09. The van der Waals surface area contributed by atoms with Gasteiger partial charge in [0.15, 0.2) is 5.72 Å². The van der Waals surface area contributed by atoms with Crippen LogP contribution in [0.2, 0.25) is 0 Å². The van der Waals surface area contributed by atoms with E-state index in [0.717, 1.165) is 4.90 Å². The number of amides is 2. The topological polar surface area (TPSA) is 119 Å². The van der Waals surface area contributed by atoms with E-state index >= 15 is 4.39 Å². The van der Waals surface area contributed by atoms with Crippen molar-refractivity contribution < 1.29 is 24.2 Å². The maximum absolute atomic E-state index is 15.4. The molecule has 33 heavy (non-hydrogen) atoms. The highest BCUT2D eigenvalue weighted by Crippen LogP contribution is 2.46. The number of carbonyl (C=O) groups excluding carboxylic acids is 1. The first-order valence-corrected chi connectivity index (χ1v) is 10.3. The van der Waals surface area contributed by atoms with Crippen LogP contribution in [0.4, 0.5) is 20.8 Å². The van der Waals surface area contributed by atoms with Gasteiger partial charge in [-0.15, -0.1) is 0 Å². The lowest BCUT2D eigenvalue weighted by molar-refractivity contribution is 0.0699. The number of aromatic amines is 1. The molecule has 8 nitrogen and oxygen atoms in total. The van der Waals surface area contributed by atoms with Crippen LogP contribution in [0.25, 0.3) is 11.0 Å². The maximum Gasteiger partial charge on any atom is 0.411 e. The molecular formula is C24H19FN4O4. The van der Waals surface area contributed by atoms with Crippen molar-refractivity contribution in [2.45, 2.75) is 19.1 Å². The standard InChI is InChI=1S/C24H19FN4O4/c1-2-13-6-5-9-19(20(13)25)29-21(30)15-7-3-4-8-16(15)24(29,33)14-10-11-17-18(12-14)27-22(26-17)28-23(31)32/h3-12,33H,2H2,1H3,(H,31,32)(H2,26,27,28). The molecule has 3 aromatic carbocycles. The van der Waals surface area contributed by atoms with E-state index in [4.69, 9.17) is 5.11 Å². The van der Waals surface area contributed by atoms with Crippen LogP contribution in [-0.2, 0) is 12.1 Å². The van der Waals surface area contributed by atoms with Gasteiger partial charge in [0.05, 0.1) is 16.7 Å². The highest BCUT2D eigenvalue weighted by atomic mass is 19.1.